The molecule has 0 spiro atoms. The number of aryl methyl sites for hydroxylation is 1. The molecule has 10 heteroatoms. The van der Waals surface area contributed by atoms with Gasteiger partial charge < -0.3 is 19.9 Å². The second kappa shape index (κ2) is 13.0. The monoisotopic (exact) mass is 601 g/mol. The lowest BCUT2D eigenvalue weighted by molar-refractivity contribution is 0.102. The van der Waals surface area contributed by atoms with E-state index in [1.807, 2.05) is 49.4 Å². The number of amides is 1. The number of ether oxygens (including phenoxy) is 1. The molecule has 4 aromatic rings. The van der Waals surface area contributed by atoms with Crippen LogP contribution in [0.2, 0.25) is 5.02 Å². The summed E-state index contributed by atoms with van der Waals surface area (Å²) in [6.45, 7) is 2.57. The number of methoxy groups -OCH3 is 1. The quantitative estimate of drug-likeness (QED) is 0.278. The summed E-state index contributed by atoms with van der Waals surface area (Å²) in [7, 11) is 4.46. The molecule has 2 aromatic carbocycles. The molecule has 2 N–H and O–H groups in total. The van der Waals surface area contributed by atoms with E-state index in [9.17, 15) is 14.4 Å². The Labute approximate surface area is 255 Å². The molecule has 1 amide bonds. The molecular formula is C33H36ClN5O4. The van der Waals surface area contributed by atoms with E-state index in [-0.39, 0.29) is 5.56 Å². The summed E-state index contributed by atoms with van der Waals surface area (Å²) in [6.07, 6.45) is 7.50. The van der Waals surface area contributed by atoms with Gasteiger partial charge in [0.15, 0.2) is 0 Å². The van der Waals surface area contributed by atoms with Gasteiger partial charge in [-0.05, 0) is 43.0 Å². The number of anilines is 1. The highest BCUT2D eigenvalue weighted by Crippen LogP contribution is 2.39. The molecule has 2 heterocycles. The standard InChI is InChI=1S/C33H36ClN5O4/c1-20-23(12-9-15-27(20)36-30(40)26-19-38(2)33(42)39(3)32(26)41)24-13-8-14-25(29(24)34)28-17-16-21(31(37-28)43-4)18-35-22-10-6-5-7-11-22/h8-9,12-17,19,22,35H,5-7,10-11,18H2,1-4H3,(H,36,40). The number of carbonyl (C=O) groups excluding carboxylic acids is 1. The molecule has 0 saturated heterocycles. The van der Waals surface area contributed by atoms with Crippen molar-refractivity contribution in [3.8, 4) is 28.3 Å². The second-order valence-electron chi connectivity index (χ2n) is 11.0. The lowest BCUT2D eigenvalue weighted by atomic mass is 9.95. The molecule has 1 aliphatic rings. The van der Waals surface area contributed by atoms with Gasteiger partial charge in [0.25, 0.3) is 11.5 Å². The fraction of sp³-hybridized carbons (Fsp3) is 0.333. The zero-order chi connectivity index (χ0) is 30.7. The van der Waals surface area contributed by atoms with Crippen LogP contribution in [-0.2, 0) is 20.6 Å². The van der Waals surface area contributed by atoms with Crippen LogP contribution in [0.5, 0.6) is 5.88 Å². The molecule has 1 saturated carbocycles. The maximum absolute atomic E-state index is 13.1. The van der Waals surface area contributed by atoms with Crippen molar-refractivity contribution in [1.82, 2.24) is 19.4 Å². The van der Waals surface area contributed by atoms with E-state index in [0.29, 0.717) is 34.9 Å². The zero-order valence-corrected chi connectivity index (χ0v) is 25.6. The van der Waals surface area contributed by atoms with E-state index in [4.69, 9.17) is 21.3 Å². The van der Waals surface area contributed by atoms with Crippen molar-refractivity contribution in [2.75, 3.05) is 12.4 Å². The van der Waals surface area contributed by atoms with Gasteiger partial charge in [-0.25, -0.2) is 9.78 Å². The van der Waals surface area contributed by atoms with Gasteiger partial charge >= 0.3 is 5.69 Å². The van der Waals surface area contributed by atoms with Crippen LogP contribution in [0.3, 0.4) is 0 Å². The van der Waals surface area contributed by atoms with Gasteiger partial charge in [0, 0.05) is 55.3 Å². The van der Waals surface area contributed by atoms with Crippen LogP contribution >= 0.6 is 11.6 Å². The van der Waals surface area contributed by atoms with E-state index < -0.39 is 17.2 Å². The first-order valence-corrected chi connectivity index (χ1v) is 14.8. The molecule has 43 heavy (non-hydrogen) atoms. The van der Waals surface area contributed by atoms with Gasteiger partial charge in [-0.3, -0.25) is 14.2 Å². The third kappa shape index (κ3) is 6.28. The highest BCUT2D eigenvalue weighted by molar-refractivity contribution is 6.36. The number of benzene rings is 2. The molecule has 1 fully saturated rings. The summed E-state index contributed by atoms with van der Waals surface area (Å²) in [5.41, 5.74) is 4.03. The Hall–Kier alpha value is -4.21. The number of nitrogens with one attached hydrogen (secondary N) is 2. The van der Waals surface area contributed by atoms with Crippen molar-refractivity contribution < 1.29 is 9.53 Å². The molecule has 1 aliphatic carbocycles. The molecule has 5 rings (SSSR count). The number of aromatic nitrogens is 3. The number of rotatable bonds is 8. The van der Waals surface area contributed by atoms with E-state index in [0.717, 1.165) is 32.4 Å². The zero-order valence-electron chi connectivity index (χ0n) is 24.9. The number of halogens is 1. The molecule has 0 radical (unpaired) electrons. The molecular weight excluding hydrogens is 566 g/mol. The van der Waals surface area contributed by atoms with Crippen molar-refractivity contribution in [3.63, 3.8) is 0 Å². The Kier molecular flexibility index (Phi) is 9.13. The van der Waals surface area contributed by atoms with E-state index >= 15 is 0 Å². The van der Waals surface area contributed by atoms with Crippen LogP contribution in [0.15, 0.2) is 64.3 Å². The summed E-state index contributed by atoms with van der Waals surface area (Å²) in [4.78, 5) is 42.5. The van der Waals surface area contributed by atoms with Gasteiger partial charge in [-0.2, -0.15) is 0 Å². The number of pyridine rings is 1. The second-order valence-corrected chi connectivity index (χ2v) is 11.4. The maximum atomic E-state index is 13.1. The van der Waals surface area contributed by atoms with E-state index in [2.05, 4.69) is 10.6 Å². The first-order valence-electron chi connectivity index (χ1n) is 14.4. The lowest BCUT2D eigenvalue weighted by Crippen LogP contribution is -2.40. The van der Waals surface area contributed by atoms with E-state index in [1.54, 1.807) is 13.2 Å². The largest absolute Gasteiger partial charge is 0.481 e. The van der Waals surface area contributed by atoms with Crippen LogP contribution in [-0.4, -0.2) is 33.2 Å². The third-order valence-electron chi connectivity index (χ3n) is 8.16. The SMILES string of the molecule is COc1nc(-c2cccc(-c3cccc(NC(=O)c4cn(C)c(=O)n(C)c4=O)c3C)c2Cl)ccc1CNC1CCCCC1. The predicted octanol–water partition coefficient (Wildman–Crippen LogP) is 5.46. The molecule has 0 aliphatic heterocycles. The van der Waals surface area contributed by atoms with Crippen molar-refractivity contribution in [3.05, 3.63) is 97.3 Å². The molecule has 2 aromatic heterocycles. The van der Waals surface area contributed by atoms with Gasteiger partial charge in [0.05, 0.1) is 17.8 Å². The molecule has 0 atom stereocenters. The molecule has 224 valence electrons. The van der Waals surface area contributed by atoms with Crippen molar-refractivity contribution in [2.24, 2.45) is 14.1 Å². The summed E-state index contributed by atoms with van der Waals surface area (Å²) in [5, 5.41) is 7.00. The number of nitrogens with zero attached hydrogens (tertiary/aromatic N) is 3. The average Bonchev–Trinajstić information content (AvgIpc) is 3.02. The van der Waals surface area contributed by atoms with Gasteiger partial charge in [-0.15, -0.1) is 0 Å². The van der Waals surface area contributed by atoms with Crippen LogP contribution in [0.1, 0.15) is 53.6 Å². The highest BCUT2D eigenvalue weighted by atomic mass is 35.5. The van der Waals surface area contributed by atoms with Crippen molar-refractivity contribution in [1.29, 1.82) is 0 Å². The maximum Gasteiger partial charge on any atom is 0.330 e. The van der Waals surface area contributed by atoms with Crippen LogP contribution in [0.4, 0.5) is 5.69 Å². The van der Waals surface area contributed by atoms with Gasteiger partial charge in [-0.1, -0.05) is 67.3 Å². The summed E-state index contributed by atoms with van der Waals surface area (Å²) >= 11 is 7.02. The minimum Gasteiger partial charge on any atom is -0.481 e. The van der Waals surface area contributed by atoms with Crippen LogP contribution in [0, 0.1) is 6.92 Å². The highest BCUT2D eigenvalue weighted by Gasteiger charge is 2.19. The molecule has 0 bridgehead atoms. The van der Waals surface area contributed by atoms with Crippen molar-refractivity contribution in [2.45, 2.75) is 51.6 Å². The fourth-order valence-electron chi connectivity index (χ4n) is 5.65. The van der Waals surface area contributed by atoms with Crippen LogP contribution < -0.4 is 26.6 Å². The first-order chi connectivity index (χ1) is 20.7. The van der Waals surface area contributed by atoms with Gasteiger partial charge in [0.2, 0.25) is 5.88 Å². The third-order valence-corrected chi connectivity index (χ3v) is 8.56. The Morgan fingerprint density at radius 3 is 2.44 bits per heavy atom. The summed E-state index contributed by atoms with van der Waals surface area (Å²) in [6, 6.07) is 15.8. The molecule has 0 unspecified atom stereocenters. The Morgan fingerprint density at radius 1 is 1.00 bits per heavy atom. The number of hydrogen-bond donors (Lipinski definition) is 2. The van der Waals surface area contributed by atoms with E-state index in [1.165, 1.54) is 57.0 Å². The normalized spacial score (nSPS) is 13.6. The lowest BCUT2D eigenvalue weighted by Gasteiger charge is -2.23. The topological polar surface area (TPSA) is 107 Å². The van der Waals surface area contributed by atoms with Crippen LogP contribution in [0.25, 0.3) is 22.4 Å². The minimum absolute atomic E-state index is 0.133. The Bertz CT molecular complexity index is 1790. The molecule has 9 nitrogen and oxygen atoms in total. The minimum atomic E-state index is -0.663. The Morgan fingerprint density at radius 2 is 1.70 bits per heavy atom. The van der Waals surface area contributed by atoms with Crippen molar-refractivity contribution >= 4 is 23.2 Å². The predicted molar refractivity (Wildman–Crippen MR) is 170 cm³/mol. The summed E-state index contributed by atoms with van der Waals surface area (Å²) < 4.78 is 7.77. The van der Waals surface area contributed by atoms with Gasteiger partial charge in [0.1, 0.15) is 5.56 Å². The first kappa shape index (κ1) is 30.3. The summed E-state index contributed by atoms with van der Waals surface area (Å²) in [5.74, 6) is -0.0432. The smallest absolute Gasteiger partial charge is 0.330 e. The number of hydrogen-bond acceptors (Lipinski definition) is 6. The number of carbonyl (C=O) groups is 1. The fourth-order valence-corrected chi connectivity index (χ4v) is 5.97. The average molecular weight is 602 g/mol. The Balaban J connectivity index is 1.42.